The molecule has 8 nitrogen and oxygen atoms in total. The normalized spacial score (nSPS) is 6.92. The standard InChI is InChI=1S/4C4H6O2.2Zr/c4*1-3(2)4(5)6;;/h4*1H2,2H3,(H,5,6);;/q;;;;2*+2/p-4. The van der Waals surface area contributed by atoms with Gasteiger partial charge in [-0.2, -0.15) is 0 Å². The van der Waals surface area contributed by atoms with Gasteiger partial charge in [-0.05, 0) is 50.0 Å². The van der Waals surface area contributed by atoms with Crippen LogP contribution in [0.2, 0.25) is 0 Å². The number of aliphatic carboxylic acids is 4. The van der Waals surface area contributed by atoms with Gasteiger partial charge < -0.3 is 39.6 Å². The Morgan fingerprint density at radius 2 is 0.500 bits per heavy atom. The molecular formula is C16H20O8Zr2. The zero-order valence-corrected chi connectivity index (χ0v) is 20.0. The van der Waals surface area contributed by atoms with Gasteiger partial charge in [0.25, 0.3) is 0 Å². The molecule has 0 amide bonds. The van der Waals surface area contributed by atoms with Crippen molar-refractivity contribution in [2.45, 2.75) is 27.7 Å². The second-order valence-electron chi connectivity index (χ2n) is 4.27. The van der Waals surface area contributed by atoms with Gasteiger partial charge in [0.1, 0.15) is 0 Å². The number of carboxylic acid groups (broad SMARTS) is 4. The van der Waals surface area contributed by atoms with Crippen molar-refractivity contribution in [3.8, 4) is 0 Å². The zero-order chi connectivity index (χ0) is 20.6. The summed E-state index contributed by atoms with van der Waals surface area (Å²) in [7, 11) is 0. The summed E-state index contributed by atoms with van der Waals surface area (Å²) in [6.07, 6.45) is 0. The Labute approximate surface area is 191 Å². The Morgan fingerprint density at radius 1 is 0.462 bits per heavy atom. The Bertz CT molecular complexity index is 392. The first-order chi connectivity index (χ1) is 10.6. The van der Waals surface area contributed by atoms with E-state index in [0.717, 1.165) is 0 Å². The molecule has 0 aromatic carbocycles. The Hall–Kier alpha value is -1.39. The first kappa shape index (κ1) is 39.6. The van der Waals surface area contributed by atoms with Crippen molar-refractivity contribution in [3.05, 3.63) is 48.6 Å². The predicted molar refractivity (Wildman–Crippen MR) is 79.3 cm³/mol. The Morgan fingerprint density at radius 3 is 0.500 bits per heavy atom. The third-order valence-corrected chi connectivity index (χ3v) is 1.39. The molecule has 0 rings (SSSR count). The number of carbonyl (C=O) groups excluding carboxylic acids is 4. The molecule has 0 radical (unpaired) electrons. The van der Waals surface area contributed by atoms with Crippen LogP contribution in [0.3, 0.4) is 0 Å². The predicted octanol–water partition coefficient (Wildman–Crippen LogP) is -2.76. The number of rotatable bonds is 4. The molecule has 0 aromatic heterocycles. The molecule has 0 spiro atoms. The fraction of sp³-hybridized carbons (Fsp3) is 0.250. The minimum atomic E-state index is -1.19. The molecule has 0 atom stereocenters. The van der Waals surface area contributed by atoms with E-state index in [0.29, 0.717) is 0 Å². The van der Waals surface area contributed by atoms with Crippen LogP contribution in [-0.2, 0) is 71.6 Å². The van der Waals surface area contributed by atoms with Gasteiger partial charge in [-0.3, -0.25) is 0 Å². The number of carbonyl (C=O) groups is 4. The van der Waals surface area contributed by atoms with Crippen molar-refractivity contribution in [3.63, 3.8) is 0 Å². The smallest absolute Gasteiger partial charge is 0.545 e. The van der Waals surface area contributed by atoms with Crippen LogP contribution in [0.5, 0.6) is 0 Å². The van der Waals surface area contributed by atoms with E-state index in [2.05, 4.69) is 26.3 Å². The van der Waals surface area contributed by atoms with E-state index < -0.39 is 23.9 Å². The molecule has 10 heteroatoms. The molecular weight excluding hydrogens is 503 g/mol. The zero-order valence-electron chi connectivity index (χ0n) is 15.1. The van der Waals surface area contributed by atoms with Gasteiger partial charge in [0.05, 0.1) is 23.9 Å². The summed E-state index contributed by atoms with van der Waals surface area (Å²) in [6, 6.07) is 0. The van der Waals surface area contributed by atoms with Gasteiger partial charge in [-0.25, -0.2) is 0 Å². The molecule has 0 aromatic rings. The third-order valence-electron chi connectivity index (χ3n) is 1.39. The van der Waals surface area contributed by atoms with E-state index in [1.807, 2.05) is 0 Å². The van der Waals surface area contributed by atoms with Gasteiger partial charge in [-0.1, -0.05) is 26.3 Å². The molecule has 0 unspecified atom stereocenters. The third kappa shape index (κ3) is 49.5. The van der Waals surface area contributed by atoms with Gasteiger partial charge in [-0.15, -0.1) is 0 Å². The van der Waals surface area contributed by atoms with Crippen LogP contribution in [-0.4, -0.2) is 23.9 Å². The minimum absolute atomic E-state index is 0. The van der Waals surface area contributed by atoms with E-state index in [9.17, 15) is 39.6 Å². The average molecular weight is 523 g/mol. The molecule has 0 aliphatic rings. The van der Waals surface area contributed by atoms with Gasteiger partial charge in [0, 0.05) is 0 Å². The van der Waals surface area contributed by atoms with Crippen LogP contribution in [0.25, 0.3) is 0 Å². The number of carboxylic acids is 4. The fourth-order valence-corrected chi connectivity index (χ4v) is 0. The molecule has 0 saturated heterocycles. The number of hydrogen-bond donors (Lipinski definition) is 0. The summed E-state index contributed by atoms with van der Waals surface area (Å²) in [5.74, 6) is -4.74. The van der Waals surface area contributed by atoms with Gasteiger partial charge in [0.2, 0.25) is 0 Å². The SMILES string of the molecule is C=C(C)C(=O)[O-].C=C(C)C(=O)[O-].C=C(C)C(=O)[O-].C=C(C)C(=O)[O-].[Zr+2].[Zr+2]. The van der Waals surface area contributed by atoms with E-state index in [4.69, 9.17) is 0 Å². The molecule has 140 valence electrons. The van der Waals surface area contributed by atoms with Crippen molar-refractivity contribution in [1.82, 2.24) is 0 Å². The van der Waals surface area contributed by atoms with Crippen LogP contribution in [0.4, 0.5) is 0 Å². The average Bonchev–Trinajstić information content (AvgIpc) is 2.40. The molecule has 0 aliphatic carbocycles. The fourth-order valence-electron chi connectivity index (χ4n) is 0. The van der Waals surface area contributed by atoms with Crippen LogP contribution >= 0.6 is 0 Å². The van der Waals surface area contributed by atoms with Crippen LogP contribution < -0.4 is 20.4 Å². The van der Waals surface area contributed by atoms with Crippen molar-refractivity contribution >= 4 is 23.9 Å². The molecule has 26 heavy (non-hydrogen) atoms. The maximum Gasteiger partial charge on any atom is 2.00 e. The molecule has 0 fully saturated rings. The largest absolute Gasteiger partial charge is 2.00 e. The van der Waals surface area contributed by atoms with Gasteiger partial charge in [0.15, 0.2) is 0 Å². The monoisotopic (exact) mass is 520 g/mol. The first-order valence-corrected chi connectivity index (χ1v) is 6.05. The summed E-state index contributed by atoms with van der Waals surface area (Å²) >= 11 is 0. The Balaban J connectivity index is -0.0000000500. The summed E-state index contributed by atoms with van der Waals surface area (Å²) in [4.78, 5) is 38.0. The summed E-state index contributed by atoms with van der Waals surface area (Å²) < 4.78 is 0. The molecule has 0 bridgehead atoms. The van der Waals surface area contributed by atoms with Crippen molar-refractivity contribution in [2.24, 2.45) is 0 Å². The number of hydrogen-bond acceptors (Lipinski definition) is 8. The summed E-state index contributed by atoms with van der Waals surface area (Å²) in [5.41, 5.74) is 0.259. The summed E-state index contributed by atoms with van der Waals surface area (Å²) in [5, 5.41) is 38.0. The van der Waals surface area contributed by atoms with Crippen molar-refractivity contribution in [2.75, 3.05) is 0 Å². The van der Waals surface area contributed by atoms with Gasteiger partial charge >= 0.3 is 52.4 Å². The second-order valence-corrected chi connectivity index (χ2v) is 4.27. The topological polar surface area (TPSA) is 161 Å². The quantitative estimate of drug-likeness (QED) is 0.359. The van der Waals surface area contributed by atoms with Crippen molar-refractivity contribution in [1.29, 1.82) is 0 Å². The Kier molecular flexibility index (Phi) is 36.0. The van der Waals surface area contributed by atoms with Crippen LogP contribution in [0.15, 0.2) is 48.6 Å². The van der Waals surface area contributed by atoms with E-state index >= 15 is 0 Å². The maximum absolute atomic E-state index is 9.49. The first-order valence-electron chi connectivity index (χ1n) is 6.05. The molecule has 0 aliphatic heterocycles. The second kappa shape index (κ2) is 23.6. The summed E-state index contributed by atoms with van der Waals surface area (Å²) in [6.45, 7) is 17.9. The van der Waals surface area contributed by atoms with E-state index in [-0.39, 0.29) is 74.7 Å². The van der Waals surface area contributed by atoms with Crippen molar-refractivity contribution < 1.29 is 92.0 Å². The van der Waals surface area contributed by atoms with Crippen LogP contribution in [0, 0.1) is 0 Å². The molecule has 0 saturated carbocycles. The van der Waals surface area contributed by atoms with Crippen LogP contribution in [0.1, 0.15) is 27.7 Å². The molecule has 0 heterocycles. The molecule has 0 N–H and O–H groups in total. The minimum Gasteiger partial charge on any atom is -0.545 e. The van der Waals surface area contributed by atoms with E-state index in [1.165, 1.54) is 27.7 Å². The maximum atomic E-state index is 9.49. The van der Waals surface area contributed by atoms with E-state index in [1.54, 1.807) is 0 Å².